The first-order chi connectivity index (χ1) is 12.5. The SMILES string of the molecule is CC1CN(C)CCC1NC(=O)C(C)(C)COc1ncccc1OC(F)(F)F. The molecule has 1 aliphatic heterocycles. The Kier molecular flexibility index (Phi) is 6.56. The number of pyridine rings is 1. The van der Waals surface area contributed by atoms with E-state index in [9.17, 15) is 18.0 Å². The summed E-state index contributed by atoms with van der Waals surface area (Å²) >= 11 is 0. The summed E-state index contributed by atoms with van der Waals surface area (Å²) in [6, 6.07) is 2.49. The van der Waals surface area contributed by atoms with E-state index in [2.05, 4.69) is 26.9 Å². The van der Waals surface area contributed by atoms with Crippen LogP contribution in [0, 0.1) is 11.3 Å². The van der Waals surface area contributed by atoms with Gasteiger partial charge in [-0.05, 0) is 51.9 Å². The van der Waals surface area contributed by atoms with Crippen LogP contribution >= 0.6 is 0 Å². The van der Waals surface area contributed by atoms with Gasteiger partial charge in [-0.1, -0.05) is 6.92 Å². The number of aromatic nitrogens is 1. The second kappa shape index (κ2) is 8.33. The molecule has 0 aliphatic carbocycles. The summed E-state index contributed by atoms with van der Waals surface area (Å²) in [5.74, 6) is -0.737. The van der Waals surface area contributed by atoms with E-state index in [0.29, 0.717) is 5.92 Å². The number of nitrogens with zero attached hydrogens (tertiary/aromatic N) is 2. The molecule has 6 nitrogen and oxygen atoms in total. The molecule has 2 unspecified atom stereocenters. The highest BCUT2D eigenvalue weighted by Gasteiger charge is 2.35. The van der Waals surface area contributed by atoms with Gasteiger partial charge < -0.3 is 19.7 Å². The van der Waals surface area contributed by atoms with Gasteiger partial charge in [0.2, 0.25) is 5.91 Å². The van der Waals surface area contributed by atoms with Crippen LogP contribution in [0.1, 0.15) is 27.2 Å². The fraction of sp³-hybridized carbons (Fsp3) is 0.667. The Hall–Kier alpha value is -2.03. The quantitative estimate of drug-likeness (QED) is 0.811. The number of piperidine rings is 1. The van der Waals surface area contributed by atoms with Gasteiger partial charge in [0, 0.05) is 18.8 Å². The number of hydrogen-bond acceptors (Lipinski definition) is 5. The number of halogens is 3. The molecule has 9 heteroatoms. The first kappa shape index (κ1) is 21.3. The first-order valence-corrected chi connectivity index (χ1v) is 8.81. The number of alkyl halides is 3. The zero-order valence-corrected chi connectivity index (χ0v) is 16.0. The van der Waals surface area contributed by atoms with Crippen LogP contribution in [0.5, 0.6) is 11.6 Å². The summed E-state index contributed by atoms with van der Waals surface area (Å²) < 4.78 is 46.7. The highest BCUT2D eigenvalue weighted by Crippen LogP contribution is 2.31. The van der Waals surface area contributed by atoms with Crippen molar-refractivity contribution in [3.05, 3.63) is 18.3 Å². The molecule has 2 atom stereocenters. The van der Waals surface area contributed by atoms with Crippen LogP contribution in [-0.4, -0.2) is 54.9 Å². The van der Waals surface area contributed by atoms with Gasteiger partial charge in [0.1, 0.15) is 6.61 Å². The minimum absolute atomic E-state index is 0.0620. The average Bonchev–Trinajstić information content (AvgIpc) is 2.55. The lowest BCUT2D eigenvalue weighted by atomic mass is 9.89. The fourth-order valence-corrected chi connectivity index (χ4v) is 2.93. The smallest absolute Gasteiger partial charge is 0.474 e. The highest BCUT2D eigenvalue weighted by atomic mass is 19.4. The van der Waals surface area contributed by atoms with E-state index in [-0.39, 0.29) is 24.4 Å². The predicted molar refractivity (Wildman–Crippen MR) is 93.4 cm³/mol. The van der Waals surface area contributed by atoms with E-state index < -0.39 is 17.5 Å². The molecule has 1 aliphatic rings. The third-order valence-corrected chi connectivity index (χ3v) is 4.57. The number of amides is 1. The lowest BCUT2D eigenvalue weighted by Gasteiger charge is -2.37. The maximum absolute atomic E-state index is 12.7. The van der Waals surface area contributed by atoms with Crippen molar-refractivity contribution in [1.29, 1.82) is 0 Å². The summed E-state index contributed by atoms with van der Waals surface area (Å²) in [7, 11) is 2.04. The van der Waals surface area contributed by atoms with E-state index in [1.54, 1.807) is 13.8 Å². The topological polar surface area (TPSA) is 63.7 Å². The molecule has 0 saturated carbocycles. The maximum Gasteiger partial charge on any atom is 0.573 e. The van der Waals surface area contributed by atoms with Crippen LogP contribution < -0.4 is 14.8 Å². The van der Waals surface area contributed by atoms with Gasteiger partial charge in [-0.15, -0.1) is 13.2 Å². The molecule has 1 N–H and O–H groups in total. The molecular weight excluding hydrogens is 363 g/mol. The zero-order chi connectivity index (χ0) is 20.2. The number of nitrogens with one attached hydrogen (secondary N) is 1. The zero-order valence-electron chi connectivity index (χ0n) is 16.0. The molecule has 1 fully saturated rings. The number of hydrogen-bond donors (Lipinski definition) is 1. The molecule has 27 heavy (non-hydrogen) atoms. The first-order valence-electron chi connectivity index (χ1n) is 8.81. The lowest BCUT2D eigenvalue weighted by molar-refractivity contribution is -0.275. The lowest BCUT2D eigenvalue weighted by Crippen LogP contribution is -2.52. The minimum Gasteiger partial charge on any atom is -0.474 e. The molecule has 0 aromatic carbocycles. The molecule has 2 heterocycles. The van der Waals surface area contributed by atoms with Crippen molar-refractivity contribution in [3.8, 4) is 11.6 Å². The Labute approximate surface area is 157 Å². The molecule has 1 saturated heterocycles. The van der Waals surface area contributed by atoms with E-state index in [4.69, 9.17) is 4.74 Å². The van der Waals surface area contributed by atoms with Gasteiger partial charge in [0.05, 0.1) is 5.41 Å². The second-order valence-corrected chi connectivity index (χ2v) is 7.64. The largest absolute Gasteiger partial charge is 0.573 e. The van der Waals surface area contributed by atoms with Gasteiger partial charge in [-0.2, -0.15) is 0 Å². The molecule has 1 aromatic heterocycles. The Morgan fingerprint density at radius 1 is 1.41 bits per heavy atom. The van der Waals surface area contributed by atoms with E-state index in [0.717, 1.165) is 25.6 Å². The van der Waals surface area contributed by atoms with Gasteiger partial charge in [0.15, 0.2) is 5.75 Å². The molecule has 0 spiro atoms. The molecular formula is C18H26F3N3O3. The van der Waals surface area contributed by atoms with Crippen LogP contribution in [0.3, 0.4) is 0 Å². The average molecular weight is 389 g/mol. The van der Waals surface area contributed by atoms with Crippen molar-refractivity contribution in [2.24, 2.45) is 11.3 Å². The van der Waals surface area contributed by atoms with E-state index in [1.165, 1.54) is 12.3 Å². The van der Waals surface area contributed by atoms with Crippen LogP contribution in [0.2, 0.25) is 0 Å². The number of likely N-dealkylation sites (tertiary alicyclic amines) is 1. The molecule has 0 radical (unpaired) electrons. The summed E-state index contributed by atoms with van der Waals surface area (Å²) in [6.07, 6.45) is -2.70. The maximum atomic E-state index is 12.7. The number of rotatable bonds is 6. The third-order valence-electron chi connectivity index (χ3n) is 4.57. The standard InChI is InChI=1S/C18H26F3N3O3/c1-12-10-24(4)9-7-13(12)23-16(25)17(2,3)11-26-15-14(6-5-8-22-15)27-18(19,20)21/h5-6,8,12-13H,7,9-11H2,1-4H3,(H,23,25). The number of carbonyl (C=O) groups excluding carboxylic acids is 1. The molecule has 2 rings (SSSR count). The van der Waals surface area contributed by atoms with Crippen molar-refractivity contribution < 1.29 is 27.4 Å². The van der Waals surface area contributed by atoms with E-state index >= 15 is 0 Å². The van der Waals surface area contributed by atoms with Crippen molar-refractivity contribution >= 4 is 5.91 Å². The minimum atomic E-state index is -4.85. The highest BCUT2D eigenvalue weighted by molar-refractivity contribution is 5.82. The van der Waals surface area contributed by atoms with Crippen molar-refractivity contribution in [3.63, 3.8) is 0 Å². The summed E-state index contributed by atoms with van der Waals surface area (Å²) in [6.45, 7) is 7.10. The van der Waals surface area contributed by atoms with Crippen LogP contribution in [0.15, 0.2) is 18.3 Å². The fourth-order valence-electron chi connectivity index (χ4n) is 2.93. The molecule has 1 amide bonds. The molecule has 152 valence electrons. The second-order valence-electron chi connectivity index (χ2n) is 7.64. The Bertz CT molecular complexity index is 652. The van der Waals surface area contributed by atoms with E-state index in [1.807, 2.05) is 7.05 Å². The van der Waals surface area contributed by atoms with Crippen LogP contribution in [-0.2, 0) is 4.79 Å². The molecule has 0 bridgehead atoms. The number of carbonyl (C=O) groups is 1. The Morgan fingerprint density at radius 3 is 2.74 bits per heavy atom. The Morgan fingerprint density at radius 2 is 2.11 bits per heavy atom. The van der Waals surface area contributed by atoms with Crippen molar-refractivity contribution in [2.45, 2.75) is 39.6 Å². The normalized spacial score (nSPS) is 21.6. The summed E-state index contributed by atoms with van der Waals surface area (Å²) in [4.78, 5) is 18.6. The van der Waals surface area contributed by atoms with Gasteiger partial charge in [-0.25, -0.2) is 4.98 Å². The van der Waals surface area contributed by atoms with Gasteiger partial charge in [0.25, 0.3) is 5.88 Å². The molecule has 1 aromatic rings. The third kappa shape index (κ3) is 6.27. The summed E-state index contributed by atoms with van der Waals surface area (Å²) in [5, 5.41) is 3.04. The van der Waals surface area contributed by atoms with Gasteiger partial charge >= 0.3 is 6.36 Å². The van der Waals surface area contributed by atoms with Crippen molar-refractivity contribution in [1.82, 2.24) is 15.2 Å². The Balaban J connectivity index is 1.97. The monoisotopic (exact) mass is 389 g/mol. The van der Waals surface area contributed by atoms with Crippen LogP contribution in [0.4, 0.5) is 13.2 Å². The predicted octanol–water partition coefficient (Wildman–Crippen LogP) is 2.84. The number of ether oxygens (including phenoxy) is 2. The van der Waals surface area contributed by atoms with Crippen LogP contribution in [0.25, 0.3) is 0 Å². The summed E-state index contributed by atoms with van der Waals surface area (Å²) in [5.41, 5.74) is -0.948. The van der Waals surface area contributed by atoms with Crippen molar-refractivity contribution in [2.75, 3.05) is 26.7 Å². The van der Waals surface area contributed by atoms with Gasteiger partial charge in [-0.3, -0.25) is 4.79 Å².